The highest BCUT2D eigenvalue weighted by Gasteiger charge is 2.18. The van der Waals surface area contributed by atoms with Crippen molar-refractivity contribution in [2.45, 2.75) is 40.0 Å². The quantitative estimate of drug-likeness (QED) is 0.691. The van der Waals surface area contributed by atoms with Gasteiger partial charge in [0.05, 0.1) is 5.02 Å². The van der Waals surface area contributed by atoms with Crippen LogP contribution >= 0.6 is 11.6 Å². The fourth-order valence-electron chi connectivity index (χ4n) is 3.66. The minimum atomic E-state index is -0.626. The van der Waals surface area contributed by atoms with Gasteiger partial charge in [-0.1, -0.05) is 48.9 Å². The molecule has 1 atom stereocenters. The summed E-state index contributed by atoms with van der Waals surface area (Å²) >= 11 is 6.19. The van der Waals surface area contributed by atoms with Crippen LogP contribution in [0.2, 0.25) is 5.02 Å². The van der Waals surface area contributed by atoms with Gasteiger partial charge in [-0.15, -0.1) is 0 Å². The van der Waals surface area contributed by atoms with E-state index >= 15 is 0 Å². The number of nitrogens with one attached hydrogen (secondary N) is 1. The molecule has 1 unspecified atom stereocenters. The maximum atomic E-state index is 12.6. The van der Waals surface area contributed by atoms with Crippen LogP contribution in [0, 0.1) is 6.92 Å². The lowest BCUT2D eigenvalue weighted by Gasteiger charge is -2.34. The lowest BCUT2D eigenvalue weighted by Crippen LogP contribution is -2.45. The van der Waals surface area contributed by atoms with Crippen molar-refractivity contribution >= 4 is 17.5 Å². The topological polar surface area (TPSA) is 44.8 Å². The molecule has 3 rings (SSSR count). The fraction of sp³-hybridized carbons (Fsp3) is 0.458. The first-order chi connectivity index (χ1) is 14.5. The van der Waals surface area contributed by atoms with Crippen molar-refractivity contribution in [2.75, 3.05) is 32.7 Å². The van der Waals surface area contributed by atoms with Gasteiger partial charge in [0.15, 0.2) is 6.10 Å². The number of carbonyl (C=O) groups is 1. The Bertz CT molecular complexity index is 850. The Morgan fingerprint density at radius 3 is 2.47 bits per heavy atom. The molecule has 2 aromatic carbocycles. The number of piperazine rings is 1. The van der Waals surface area contributed by atoms with Gasteiger partial charge in [0.1, 0.15) is 5.75 Å². The van der Waals surface area contributed by atoms with Crippen LogP contribution in [0.5, 0.6) is 5.75 Å². The number of carbonyl (C=O) groups excluding carboxylic acids is 1. The average Bonchev–Trinajstić information content (AvgIpc) is 2.76. The number of halogens is 1. The minimum Gasteiger partial charge on any atom is -0.479 e. The Hall–Kier alpha value is -2.08. The van der Waals surface area contributed by atoms with E-state index in [0.717, 1.165) is 50.4 Å². The highest BCUT2D eigenvalue weighted by molar-refractivity contribution is 6.32. The Kier molecular flexibility index (Phi) is 8.14. The molecular weight excluding hydrogens is 398 g/mol. The first kappa shape index (κ1) is 22.6. The molecule has 0 radical (unpaired) electrons. The molecule has 2 aromatic rings. The molecule has 1 aliphatic rings. The molecule has 1 aliphatic heterocycles. The summed E-state index contributed by atoms with van der Waals surface area (Å²) in [5.41, 5.74) is 3.44. The number of amides is 1. The SMILES string of the molecule is CCN1CCN(Cc2ccccc2CNC(=O)C(C)Oc2cc(C)ccc2Cl)CC1. The average molecular weight is 430 g/mol. The number of likely N-dealkylation sites (N-methyl/N-ethyl adjacent to an activating group) is 1. The third-order valence-corrected chi connectivity index (χ3v) is 5.95. The number of hydrogen-bond donors (Lipinski definition) is 1. The van der Waals surface area contributed by atoms with E-state index in [1.807, 2.05) is 25.1 Å². The summed E-state index contributed by atoms with van der Waals surface area (Å²) in [5.74, 6) is 0.380. The molecule has 0 bridgehead atoms. The predicted molar refractivity (Wildman–Crippen MR) is 122 cm³/mol. The highest BCUT2D eigenvalue weighted by atomic mass is 35.5. The molecule has 30 heavy (non-hydrogen) atoms. The lowest BCUT2D eigenvalue weighted by atomic mass is 10.1. The van der Waals surface area contributed by atoms with Gasteiger partial charge in [-0.3, -0.25) is 9.69 Å². The third kappa shape index (κ3) is 6.21. The summed E-state index contributed by atoms with van der Waals surface area (Å²) < 4.78 is 5.79. The first-order valence-corrected chi connectivity index (χ1v) is 11.1. The van der Waals surface area contributed by atoms with Gasteiger partial charge in [-0.05, 0) is 49.2 Å². The van der Waals surface area contributed by atoms with Crippen molar-refractivity contribution in [3.8, 4) is 5.75 Å². The van der Waals surface area contributed by atoms with E-state index in [1.54, 1.807) is 13.0 Å². The van der Waals surface area contributed by atoms with Crippen molar-refractivity contribution in [2.24, 2.45) is 0 Å². The lowest BCUT2D eigenvalue weighted by molar-refractivity contribution is -0.127. The molecular formula is C24H32ClN3O2. The number of nitrogens with zero attached hydrogens (tertiary/aromatic N) is 2. The van der Waals surface area contributed by atoms with Gasteiger partial charge >= 0.3 is 0 Å². The monoisotopic (exact) mass is 429 g/mol. The summed E-state index contributed by atoms with van der Waals surface area (Å²) in [7, 11) is 0. The zero-order chi connectivity index (χ0) is 21.5. The summed E-state index contributed by atoms with van der Waals surface area (Å²) in [6.45, 7) is 12.8. The molecule has 1 amide bonds. The number of rotatable bonds is 8. The molecule has 0 aliphatic carbocycles. The molecule has 1 N–H and O–H groups in total. The standard InChI is InChI=1S/C24H32ClN3O2/c1-4-27-11-13-28(14-12-27)17-21-8-6-5-7-20(21)16-26-24(29)19(3)30-23-15-18(2)9-10-22(23)25/h5-10,15,19H,4,11-14,16-17H2,1-3H3,(H,26,29). The molecule has 162 valence electrons. The fourth-order valence-corrected chi connectivity index (χ4v) is 3.82. The summed E-state index contributed by atoms with van der Waals surface area (Å²) in [4.78, 5) is 17.6. The second-order valence-electron chi connectivity index (χ2n) is 7.89. The largest absolute Gasteiger partial charge is 0.479 e. The van der Waals surface area contributed by atoms with Crippen molar-refractivity contribution < 1.29 is 9.53 Å². The van der Waals surface area contributed by atoms with Crippen LogP contribution < -0.4 is 10.1 Å². The summed E-state index contributed by atoms with van der Waals surface area (Å²) in [6.07, 6.45) is -0.626. The minimum absolute atomic E-state index is 0.154. The summed E-state index contributed by atoms with van der Waals surface area (Å²) in [6, 6.07) is 13.9. The van der Waals surface area contributed by atoms with Gasteiger partial charge in [0.2, 0.25) is 0 Å². The van der Waals surface area contributed by atoms with E-state index in [4.69, 9.17) is 16.3 Å². The number of hydrogen-bond acceptors (Lipinski definition) is 4. The van der Waals surface area contributed by atoms with Crippen LogP contribution in [-0.4, -0.2) is 54.5 Å². The normalized spacial score (nSPS) is 16.3. The predicted octanol–water partition coefficient (Wildman–Crippen LogP) is 3.87. The van der Waals surface area contributed by atoms with Crippen molar-refractivity contribution in [1.29, 1.82) is 0 Å². The second kappa shape index (κ2) is 10.8. The smallest absolute Gasteiger partial charge is 0.261 e. The molecule has 0 saturated carbocycles. The Balaban J connectivity index is 1.55. The molecule has 6 heteroatoms. The second-order valence-corrected chi connectivity index (χ2v) is 8.30. The van der Waals surface area contributed by atoms with E-state index in [1.165, 1.54) is 5.56 Å². The zero-order valence-electron chi connectivity index (χ0n) is 18.2. The van der Waals surface area contributed by atoms with Crippen LogP contribution in [0.4, 0.5) is 0 Å². The molecule has 1 heterocycles. The number of benzene rings is 2. The van der Waals surface area contributed by atoms with Crippen LogP contribution in [0.25, 0.3) is 0 Å². The maximum Gasteiger partial charge on any atom is 0.261 e. The zero-order valence-corrected chi connectivity index (χ0v) is 18.9. The van der Waals surface area contributed by atoms with Crippen LogP contribution in [0.1, 0.15) is 30.5 Å². The van der Waals surface area contributed by atoms with E-state index in [2.05, 4.69) is 40.2 Å². The highest BCUT2D eigenvalue weighted by Crippen LogP contribution is 2.26. The van der Waals surface area contributed by atoms with Crippen LogP contribution in [-0.2, 0) is 17.9 Å². The number of ether oxygens (including phenoxy) is 1. The molecule has 1 fully saturated rings. The molecule has 0 spiro atoms. The molecule has 1 saturated heterocycles. The Morgan fingerprint density at radius 1 is 1.10 bits per heavy atom. The van der Waals surface area contributed by atoms with E-state index in [9.17, 15) is 4.79 Å². The molecule has 5 nitrogen and oxygen atoms in total. The van der Waals surface area contributed by atoms with Gasteiger partial charge in [-0.25, -0.2) is 0 Å². The van der Waals surface area contributed by atoms with Crippen LogP contribution in [0.3, 0.4) is 0 Å². The van der Waals surface area contributed by atoms with Gasteiger partial charge < -0.3 is 15.0 Å². The third-order valence-electron chi connectivity index (χ3n) is 5.64. The van der Waals surface area contributed by atoms with Gasteiger partial charge in [0, 0.05) is 39.3 Å². The van der Waals surface area contributed by atoms with Gasteiger partial charge in [0.25, 0.3) is 5.91 Å². The van der Waals surface area contributed by atoms with Crippen molar-refractivity contribution in [3.05, 3.63) is 64.2 Å². The van der Waals surface area contributed by atoms with E-state index in [-0.39, 0.29) is 5.91 Å². The van der Waals surface area contributed by atoms with Crippen LogP contribution in [0.15, 0.2) is 42.5 Å². The Labute approximate surface area is 185 Å². The van der Waals surface area contributed by atoms with Gasteiger partial charge in [-0.2, -0.15) is 0 Å². The van der Waals surface area contributed by atoms with E-state index < -0.39 is 6.10 Å². The van der Waals surface area contributed by atoms with Crippen molar-refractivity contribution in [1.82, 2.24) is 15.1 Å². The van der Waals surface area contributed by atoms with Crippen molar-refractivity contribution in [3.63, 3.8) is 0 Å². The van der Waals surface area contributed by atoms with E-state index in [0.29, 0.717) is 17.3 Å². The first-order valence-electron chi connectivity index (χ1n) is 10.7. The maximum absolute atomic E-state index is 12.6. The molecule has 0 aromatic heterocycles. The Morgan fingerprint density at radius 2 is 1.77 bits per heavy atom. The number of aryl methyl sites for hydroxylation is 1. The summed E-state index contributed by atoms with van der Waals surface area (Å²) in [5, 5.41) is 3.52.